The average Bonchev–Trinajstić information content (AvgIpc) is 2.85. The number of hydrogen-bond donors (Lipinski definition) is 2. The number of nitrogens with one attached hydrogen (secondary N) is 1. The van der Waals surface area contributed by atoms with Gasteiger partial charge < -0.3 is 11.2 Å². The maximum Gasteiger partial charge on any atom is 0.230 e. The van der Waals surface area contributed by atoms with E-state index in [9.17, 15) is 4.79 Å². The topological polar surface area (TPSA) is 85.8 Å². The minimum Gasteiger partial charge on any atom is -0.351 e. The van der Waals surface area contributed by atoms with Crippen molar-refractivity contribution in [2.45, 2.75) is 44.8 Å². The van der Waals surface area contributed by atoms with Crippen LogP contribution in [0.15, 0.2) is 29.4 Å². The molecule has 2 rings (SSSR count). The fourth-order valence-electron chi connectivity index (χ4n) is 2.07. The van der Waals surface area contributed by atoms with E-state index in [4.69, 9.17) is 5.84 Å². The Balaban J connectivity index is 1.88. The number of benzene rings is 1. The normalized spacial score (nSPS) is 11.5. The van der Waals surface area contributed by atoms with Crippen molar-refractivity contribution in [3.8, 4) is 0 Å². The summed E-state index contributed by atoms with van der Waals surface area (Å²) in [6.07, 6.45) is 0. The molecule has 2 aromatic rings. The van der Waals surface area contributed by atoms with Gasteiger partial charge in [0.25, 0.3) is 0 Å². The van der Waals surface area contributed by atoms with Gasteiger partial charge in [0.15, 0.2) is 5.82 Å². The predicted octanol–water partition coefficient (Wildman–Crippen LogP) is 2.01. The first kappa shape index (κ1) is 17.3. The summed E-state index contributed by atoms with van der Waals surface area (Å²) in [5.41, 5.74) is 2.09. The van der Waals surface area contributed by atoms with Crippen LogP contribution in [0.5, 0.6) is 0 Å². The van der Waals surface area contributed by atoms with Crippen molar-refractivity contribution < 1.29 is 4.79 Å². The number of aromatic nitrogens is 3. The van der Waals surface area contributed by atoms with Gasteiger partial charge in [-0.1, -0.05) is 56.8 Å². The van der Waals surface area contributed by atoms with Crippen LogP contribution in [0.3, 0.4) is 0 Å². The minimum atomic E-state index is -0.187. The van der Waals surface area contributed by atoms with Crippen LogP contribution in [-0.4, -0.2) is 26.5 Å². The second kappa shape index (κ2) is 7.04. The minimum absolute atomic E-state index is 0.0569. The van der Waals surface area contributed by atoms with Crippen LogP contribution in [0.2, 0.25) is 0 Å². The zero-order chi connectivity index (χ0) is 17.0. The van der Waals surface area contributed by atoms with Gasteiger partial charge in [-0.2, -0.15) is 0 Å². The highest BCUT2D eigenvalue weighted by Gasteiger charge is 2.23. The first-order chi connectivity index (χ1) is 10.8. The van der Waals surface area contributed by atoms with Crippen molar-refractivity contribution in [2.24, 2.45) is 0 Å². The first-order valence-corrected chi connectivity index (χ1v) is 8.42. The zero-order valence-corrected chi connectivity index (χ0v) is 14.8. The van der Waals surface area contributed by atoms with Gasteiger partial charge in [-0.25, -0.2) is 4.68 Å². The standard InChI is InChI=1S/C16H23N5OS/c1-11-7-5-6-8-12(11)9-18-13(22)10-23-15-20-19-14(21(15)17)16(2,3)4/h5-8H,9-10,17H2,1-4H3,(H,18,22). The number of carbonyl (C=O) groups excluding carboxylic acids is 1. The molecule has 0 aliphatic rings. The number of amides is 1. The van der Waals surface area contributed by atoms with Crippen LogP contribution in [0.4, 0.5) is 0 Å². The summed E-state index contributed by atoms with van der Waals surface area (Å²) in [6, 6.07) is 7.99. The SMILES string of the molecule is Cc1ccccc1CNC(=O)CSc1nnc(C(C)(C)C)n1N. The summed E-state index contributed by atoms with van der Waals surface area (Å²) in [5, 5.41) is 11.6. The van der Waals surface area contributed by atoms with Crippen LogP contribution >= 0.6 is 11.8 Å². The van der Waals surface area contributed by atoms with Gasteiger partial charge in [-0.3, -0.25) is 4.79 Å². The van der Waals surface area contributed by atoms with Crippen molar-refractivity contribution >= 4 is 17.7 Å². The Kier molecular flexibility index (Phi) is 5.30. The molecule has 6 nitrogen and oxygen atoms in total. The second-order valence-corrected chi connectivity index (χ2v) is 7.36. The number of hydrogen-bond acceptors (Lipinski definition) is 5. The number of thioether (sulfide) groups is 1. The molecule has 0 atom stereocenters. The summed E-state index contributed by atoms with van der Waals surface area (Å²) >= 11 is 1.28. The van der Waals surface area contributed by atoms with Crippen molar-refractivity contribution in [1.82, 2.24) is 20.2 Å². The molecule has 0 radical (unpaired) electrons. The molecule has 1 heterocycles. The summed E-state index contributed by atoms with van der Waals surface area (Å²) in [6.45, 7) is 8.60. The lowest BCUT2D eigenvalue weighted by molar-refractivity contribution is -0.118. The highest BCUT2D eigenvalue weighted by Crippen LogP contribution is 2.23. The summed E-state index contributed by atoms with van der Waals surface area (Å²) in [5.74, 6) is 6.89. The molecule has 124 valence electrons. The van der Waals surface area contributed by atoms with Gasteiger partial charge in [0.1, 0.15) is 0 Å². The molecule has 0 fully saturated rings. The van der Waals surface area contributed by atoms with E-state index in [1.807, 2.05) is 52.0 Å². The molecule has 0 bridgehead atoms. The van der Waals surface area contributed by atoms with E-state index in [1.165, 1.54) is 16.4 Å². The number of aryl methyl sites for hydroxylation is 1. The third-order valence-electron chi connectivity index (χ3n) is 3.40. The lowest BCUT2D eigenvalue weighted by atomic mass is 9.96. The summed E-state index contributed by atoms with van der Waals surface area (Å²) in [7, 11) is 0. The third kappa shape index (κ3) is 4.48. The quantitative estimate of drug-likeness (QED) is 0.646. The van der Waals surface area contributed by atoms with Crippen LogP contribution in [0, 0.1) is 6.92 Å². The Morgan fingerprint density at radius 3 is 2.61 bits per heavy atom. The third-order valence-corrected chi connectivity index (χ3v) is 4.35. The number of nitrogens with two attached hydrogens (primary N) is 1. The van der Waals surface area contributed by atoms with Crippen molar-refractivity contribution in [3.05, 3.63) is 41.2 Å². The monoisotopic (exact) mass is 333 g/mol. The van der Waals surface area contributed by atoms with Gasteiger partial charge in [-0.05, 0) is 18.1 Å². The second-order valence-electron chi connectivity index (χ2n) is 6.42. The van der Waals surface area contributed by atoms with Crippen LogP contribution in [0.25, 0.3) is 0 Å². The molecule has 1 amide bonds. The Bertz CT molecular complexity index is 690. The van der Waals surface area contributed by atoms with Gasteiger partial charge in [0, 0.05) is 12.0 Å². The number of rotatable bonds is 5. The molecule has 0 spiro atoms. The largest absolute Gasteiger partial charge is 0.351 e. The lowest BCUT2D eigenvalue weighted by Crippen LogP contribution is -2.26. The molecule has 0 saturated heterocycles. The van der Waals surface area contributed by atoms with Gasteiger partial charge in [-0.15, -0.1) is 10.2 Å². The highest BCUT2D eigenvalue weighted by molar-refractivity contribution is 7.99. The van der Waals surface area contributed by atoms with Crippen LogP contribution < -0.4 is 11.2 Å². The molecule has 0 saturated carbocycles. The number of carbonyl (C=O) groups is 1. The lowest BCUT2D eigenvalue weighted by Gasteiger charge is -2.16. The van der Waals surface area contributed by atoms with Crippen molar-refractivity contribution in [2.75, 3.05) is 11.6 Å². The fraction of sp³-hybridized carbons (Fsp3) is 0.438. The average molecular weight is 333 g/mol. The highest BCUT2D eigenvalue weighted by atomic mass is 32.2. The van der Waals surface area contributed by atoms with E-state index in [1.54, 1.807) is 0 Å². The summed E-state index contributed by atoms with van der Waals surface area (Å²) < 4.78 is 1.46. The maximum absolute atomic E-state index is 12.0. The van der Waals surface area contributed by atoms with Gasteiger partial charge >= 0.3 is 0 Å². The van der Waals surface area contributed by atoms with Gasteiger partial charge in [0.2, 0.25) is 11.1 Å². The van der Waals surface area contributed by atoms with E-state index in [0.29, 0.717) is 17.5 Å². The Morgan fingerprint density at radius 1 is 1.30 bits per heavy atom. The molecular formula is C16H23N5OS. The van der Waals surface area contributed by atoms with E-state index >= 15 is 0 Å². The van der Waals surface area contributed by atoms with E-state index < -0.39 is 0 Å². The first-order valence-electron chi connectivity index (χ1n) is 7.44. The summed E-state index contributed by atoms with van der Waals surface area (Å²) in [4.78, 5) is 12.0. The molecule has 0 aliphatic carbocycles. The van der Waals surface area contributed by atoms with Gasteiger partial charge in [0.05, 0.1) is 5.75 Å². The zero-order valence-electron chi connectivity index (χ0n) is 14.0. The van der Waals surface area contributed by atoms with E-state index in [2.05, 4.69) is 15.5 Å². The predicted molar refractivity (Wildman–Crippen MR) is 92.6 cm³/mol. The molecule has 1 aromatic carbocycles. The smallest absolute Gasteiger partial charge is 0.230 e. The van der Waals surface area contributed by atoms with Crippen LogP contribution in [-0.2, 0) is 16.8 Å². The van der Waals surface area contributed by atoms with Crippen LogP contribution in [0.1, 0.15) is 37.7 Å². The molecule has 1 aromatic heterocycles. The van der Waals surface area contributed by atoms with E-state index in [0.717, 1.165) is 11.1 Å². The molecule has 0 aliphatic heterocycles. The fourth-order valence-corrected chi connectivity index (χ4v) is 2.76. The molecule has 7 heteroatoms. The number of nitrogens with zero attached hydrogens (tertiary/aromatic N) is 3. The van der Waals surface area contributed by atoms with E-state index in [-0.39, 0.29) is 17.1 Å². The molecule has 23 heavy (non-hydrogen) atoms. The Hall–Kier alpha value is -2.02. The van der Waals surface area contributed by atoms with Crippen molar-refractivity contribution in [3.63, 3.8) is 0 Å². The number of nitrogen functional groups attached to an aromatic ring is 1. The molecular weight excluding hydrogens is 310 g/mol. The molecule has 3 N–H and O–H groups in total. The Labute approximate surface area is 140 Å². The van der Waals surface area contributed by atoms with Crippen molar-refractivity contribution in [1.29, 1.82) is 0 Å². The Morgan fingerprint density at radius 2 is 2.00 bits per heavy atom. The molecule has 0 unspecified atom stereocenters. The maximum atomic E-state index is 12.0.